The second kappa shape index (κ2) is 10.2. The average molecular weight is 370 g/mol. The predicted octanol–water partition coefficient (Wildman–Crippen LogP) is 2.01. The van der Waals surface area contributed by atoms with Crippen LogP contribution in [0.15, 0.2) is 0 Å². The van der Waals surface area contributed by atoms with E-state index in [-0.39, 0.29) is 24.8 Å². The maximum Gasteiger partial charge on any atom is 0.224 e. The van der Waals surface area contributed by atoms with Gasteiger partial charge in [0.15, 0.2) is 0 Å². The largest absolute Gasteiger partial charge is 0.340 e. The highest BCUT2D eigenvalue weighted by Crippen LogP contribution is 2.24. The van der Waals surface area contributed by atoms with Gasteiger partial charge in [-0.05, 0) is 12.8 Å². The van der Waals surface area contributed by atoms with Gasteiger partial charge in [-0.15, -0.1) is 24.8 Å². The smallest absolute Gasteiger partial charge is 0.224 e. The fraction of sp³-hybridized carbons (Fsp3) is 0.933. The Morgan fingerprint density at radius 3 is 2.36 bits per heavy atom. The Bertz CT molecular complexity index is 329. The van der Waals surface area contributed by atoms with Gasteiger partial charge in [-0.2, -0.15) is 11.8 Å². The molecule has 0 aromatic heterocycles. The summed E-state index contributed by atoms with van der Waals surface area (Å²) in [5, 5.41) is 3.46. The molecule has 1 aliphatic carbocycles. The minimum absolute atomic E-state index is 0. The highest BCUT2D eigenvalue weighted by Gasteiger charge is 2.28. The summed E-state index contributed by atoms with van der Waals surface area (Å²) in [6, 6.07) is 1.21. The van der Waals surface area contributed by atoms with Crippen LogP contribution in [0.2, 0.25) is 0 Å². The van der Waals surface area contributed by atoms with E-state index < -0.39 is 0 Å². The molecule has 3 fully saturated rings. The summed E-state index contributed by atoms with van der Waals surface area (Å²) in [6.07, 6.45) is 6.23. The van der Waals surface area contributed by atoms with Gasteiger partial charge in [0, 0.05) is 62.7 Å². The molecule has 2 aliphatic heterocycles. The quantitative estimate of drug-likeness (QED) is 0.825. The molecule has 3 rings (SSSR count). The molecule has 0 radical (unpaired) electrons. The Morgan fingerprint density at radius 1 is 1.09 bits per heavy atom. The van der Waals surface area contributed by atoms with Crippen molar-refractivity contribution < 1.29 is 4.79 Å². The number of rotatable bonds is 3. The molecule has 130 valence electrons. The maximum atomic E-state index is 12.4. The van der Waals surface area contributed by atoms with Crippen LogP contribution in [0.3, 0.4) is 0 Å². The summed E-state index contributed by atoms with van der Waals surface area (Å²) in [5.74, 6) is 2.63. The summed E-state index contributed by atoms with van der Waals surface area (Å²) in [4.78, 5) is 17.1. The Kier molecular flexibility index (Phi) is 9.48. The number of thioether (sulfide) groups is 1. The van der Waals surface area contributed by atoms with Gasteiger partial charge in [-0.3, -0.25) is 9.69 Å². The third-order valence-electron chi connectivity index (χ3n) is 4.93. The lowest BCUT2D eigenvalue weighted by atomic mass is 10.1. The molecule has 0 aromatic carbocycles. The third kappa shape index (κ3) is 5.45. The molecule has 1 amide bonds. The average Bonchev–Trinajstić information content (AvgIpc) is 3.03. The van der Waals surface area contributed by atoms with Crippen molar-refractivity contribution >= 4 is 42.5 Å². The van der Waals surface area contributed by atoms with E-state index in [1.54, 1.807) is 0 Å². The molecule has 7 heteroatoms. The fourth-order valence-corrected chi connectivity index (χ4v) is 4.65. The van der Waals surface area contributed by atoms with E-state index in [4.69, 9.17) is 0 Å². The Morgan fingerprint density at radius 2 is 1.77 bits per heavy atom. The van der Waals surface area contributed by atoms with Gasteiger partial charge in [0.25, 0.3) is 0 Å². The van der Waals surface area contributed by atoms with Crippen molar-refractivity contribution in [2.24, 2.45) is 0 Å². The van der Waals surface area contributed by atoms with E-state index in [1.807, 2.05) is 11.8 Å². The second-order valence-electron chi connectivity index (χ2n) is 6.29. The van der Waals surface area contributed by atoms with Gasteiger partial charge in [-0.25, -0.2) is 0 Å². The Balaban J connectivity index is 0.00000121. The maximum absolute atomic E-state index is 12.4. The molecule has 3 aliphatic rings. The lowest BCUT2D eigenvalue weighted by Crippen LogP contribution is -2.52. The van der Waals surface area contributed by atoms with Crippen LogP contribution < -0.4 is 5.32 Å². The molecular weight excluding hydrogens is 341 g/mol. The number of carbonyl (C=O) groups is 1. The van der Waals surface area contributed by atoms with Crippen molar-refractivity contribution in [2.45, 2.75) is 44.2 Å². The summed E-state index contributed by atoms with van der Waals surface area (Å²) in [7, 11) is 0. The summed E-state index contributed by atoms with van der Waals surface area (Å²) in [6.45, 7) is 5.11. The highest BCUT2D eigenvalue weighted by atomic mass is 35.5. The molecule has 1 N–H and O–H groups in total. The van der Waals surface area contributed by atoms with Crippen LogP contribution in [0.4, 0.5) is 0 Å². The molecule has 2 heterocycles. The number of amides is 1. The van der Waals surface area contributed by atoms with Crippen LogP contribution >= 0.6 is 36.6 Å². The molecule has 2 saturated heterocycles. The zero-order valence-electron chi connectivity index (χ0n) is 13.2. The molecule has 1 atom stereocenters. The van der Waals surface area contributed by atoms with E-state index in [2.05, 4.69) is 15.1 Å². The Hall–Kier alpha value is 0.320. The number of hydrogen-bond acceptors (Lipinski definition) is 4. The first-order valence-corrected chi connectivity index (χ1v) is 9.31. The van der Waals surface area contributed by atoms with Crippen LogP contribution in [-0.4, -0.2) is 72.0 Å². The van der Waals surface area contributed by atoms with E-state index in [9.17, 15) is 4.79 Å². The molecule has 4 nitrogen and oxygen atoms in total. The zero-order valence-corrected chi connectivity index (χ0v) is 15.6. The van der Waals surface area contributed by atoms with Crippen LogP contribution in [0, 0.1) is 0 Å². The first-order valence-electron chi connectivity index (χ1n) is 8.16. The molecule has 22 heavy (non-hydrogen) atoms. The van der Waals surface area contributed by atoms with Crippen molar-refractivity contribution in [3.8, 4) is 0 Å². The van der Waals surface area contributed by atoms with Crippen molar-refractivity contribution in [1.29, 1.82) is 0 Å². The van der Waals surface area contributed by atoms with Gasteiger partial charge < -0.3 is 10.2 Å². The minimum Gasteiger partial charge on any atom is -0.340 e. The van der Waals surface area contributed by atoms with Gasteiger partial charge >= 0.3 is 0 Å². The molecule has 0 spiro atoms. The number of hydrogen-bond donors (Lipinski definition) is 1. The summed E-state index contributed by atoms with van der Waals surface area (Å²) >= 11 is 1.97. The van der Waals surface area contributed by atoms with Crippen molar-refractivity contribution in [2.75, 3.05) is 44.2 Å². The number of carbonyl (C=O) groups excluding carboxylic acids is 1. The zero-order chi connectivity index (χ0) is 13.8. The van der Waals surface area contributed by atoms with Crippen molar-refractivity contribution in [3.05, 3.63) is 0 Å². The van der Waals surface area contributed by atoms with Gasteiger partial charge in [-0.1, -0.05) is 12.8 Å². The van der Waals surface area contributed by atoms with Crippen LogP contribution in [0.1, 0.15) is 32.1 Å². The first kappa shape index (κ1) is 20.4. The third-order valence-corrected chi connectivity index (χ3v) is 6.06. The predicted molar refractivity (Wildman–Crippen MR) is 98.6 cm³/mol. The van der Waals surface area contributed by atoms with E-state index in [1.165, 1.54) is 31.4 Å². The van der Waals surface area contributed by atoms with Crippen LogP contribution in [0.5, 0.6) is 0 Å². The number of nitrogens with zero attached hydrogens (tertiary/aromatic N) is 2. The van der Waals surface area contributed by atoms with Crippen LogP contribution in [0.25, 0.3) is 0 Å². The van der Waals surface area contributed by atoms with Gasteiger partial charge in [0.05, 0.1) is 0 Å². The number of piperazine rings is 1. The fourth-order valence-electron chi connectivity index (χ4n) is 3.70. The van der Waals surface area contributed by atoms with Crippen molar-refractivity contribution in [3.63, 3.8) is 0 Å². The van der Waals surface area contributed by atoms with E-state index >= 15 is 0 Å². The summed E-state index contributed by atoms with van der Waals surface area (Å²) in [5.41, 5.74) is 0. The molecule has 0 bridgehead atoms. The Labute approximate surface area is 150 Å². The normalized spacial score (nSPS) is 27.1. The molecular formula is C15H29Cl2N3OS. The first-order chi connectivity index (χ1) is 9.83. The van der Waals surface area contributed by atoms with Gasteiger partial charge in [0.2, 0.25) is 5.91 Å². The van der Waals surface area contributed by atoms with E-state index in [0.717, 1.165) is 44.5 Å². The lowest BCUT2D eigenvalue weighted by molar-refractivity contribution is -0.133. The highest BCUT2D eigenvalue weighted by molar-refractivity contribution is 7.99. The molecule has 1 saturated carbocycles. The minimum atomic E-state index is 0. The molecule has 1 unspecified atom stereocenters. The second-order valence-corrected chi connectivity index (χ2v) is 7.43. The number of nitrogens with one attached hydrogen (secondary N) is 1. The topological polar surface area (TPSA) is 35.6 Å². The monoisotopic (exact) mass is 369 g/mol. The molecule has 0 aromatic rings. The van der Waals surface area contributed by atoms with E-state index in [0.29, 0.717) is 18.4 Å². The lowest BCUT2D eigenvalue weighted by Gasteiger charge is -2.38. The number of halogens is 2. The van der Waals surface area contributed by atoms with Crippen LogP contribution in [-0.2, 0) is 4.79 Å². The van der Waals surface area contributed by atoms with Crippen molar-refractivity contribution in [1.82, 2.24) is 15.1 Å². The standard InChI is InChI=1S/C15H27N3OS.2ClH/c19-15(11-13-12-20-10-5-16-13)18-8-6-17(7-9-18)14-3-1-2-4-14;;/h13-14,16H,1-12H2;2*1H. The van der Waals surface area contributed by atoms with Gasteiger partial charge in [0.1, 0.15) is 0 Å². The SMILES string of the molecule is Cl.Cl.O=C(CC1CSCCN1)N1CCN(C2CCCC2)CC1. The summed E-state index contributed by atoms with van der Waals surface area (Å²) < 4.78 is 0.